The second-order valence-corrected chi connectivity index (χ2v) is 4.95. The number of nitrogens with two attached hydrogens (primary N) is 1. The van der Waals surface area contributed by atoms with Crippen LogP contribution in [0, 0.1) is 3.57 Å². The molecule has 0 aliphatic carbocycles. The Balaban J connectivity index is 2.12. The molecular weight excluding hydrogens is 351 g/mol. The van der Waals surface area contributed by atoms with Gasteiger partial charge in [0.1, 0.15) is 18.2 Å². The number of benzene rings is 1. The van der Waals surface area contributed by atoms with Crippen molar-refractivity contribution in [3.05, 3.63) is 50.7 Å². The molecule has 0 bridgehead atoms. The van der Waals surface area contributed by atoms with Crippen molar-refractivity contribution >= 4 is 40.0 Å². The fourth-order valence-electron chi connectivity index (χ4n) is 1.31. The zero-order valence-corrected chi connectivity index (χ0v) is 11.8. The Morgan fingerprint density at radius 1 is 1.24 bits per heavy atom. The summed E-state index contributed by atoms with van der Waals surface area (Å²) in [6.07, 6.45) is 0. The van der Waals surface area contributed by atoms with Crippen LogP contribution in [0.3, 0.4) is 0 Å². The lowest BCUT2D eigenvalue weighted by Gasteiger charge is -2.08. The molecule has 2 rings (SSSR count). The SMILES string of the molecule is Nc1ccc(Cl)c(COc2ccccc2I)n1. The second kappa shape index (κ2) is 5.55. The van der Waals surface area contributed by atoms with Crippen LogP contribution in [-0.2, 0) is 6.61 Å². The summed E-state index contributed by atoms with van der Waals surface area (Å²) in [5.41, 5.74) is 6.24. The van der Waals surface area contributed by atoms with Gasteiger partial charge in [-0.1, -0.05) is 23.7 Å². The normalized spacial score (nSPS) is 10.2. The molecule has 1 aromatic carbocycles. The topological polar surface area (TPSA) is 48.1 Å². The van der Waals surface area contributed by atoms with Gasteiger partial charge < -0.3 is 10.5 Å². The third-order valence-electron chi connectivity index (χ3n) is 2.14. The van der Waals surface area contributed by atoms with E-state index in [1.807, 2.05) is 24.3 Å². The van der Waals surface area contributed by atoms with Crippen LogP contribution in [0.25, 0.3) is 0 Å². The van der Waals surface area contributed by atoms with Crippen LogP contribution in [-0.4, -0.2) is 4.98 Å². The maximum absolute atomic E-state index is 6.00. The molecule has 2 N–H and O–H groups in total. The molecule has 0 spiro atoms. The number of pyridine rings is 1. The maximum Gasteiger partial charge on any atom is 0.133 e. The molecule has 1 heterocycles. The van der Waals surface area contributed by atoms with Gasteiger partial charge in [0, 0.05) is 0 Å². The van der Waals surface area contributed by atoms with Gasteiger partial charge in [-0.3, -0.25) is 0 Å². The zero-order valence-electron chi connectivity index (χ0n) is 8.86. The third kappa shape index (κ3) is 3.23. The molecule has 0 radical (unpaired) electrons. The summed E-state index contributed by atoms with van der Waals surface area (Å²) in [5.74, 6) is 1.25. The van der Waals surface area contributed by atoms with Gasteiger partial charge in [0.25, 0.3) is 0 Å². The Morgan fingerprint density at radius 3 is 2.76 bits per heavy atom. The molecule has 17 heavy (non-hydrogen) atoms. The Hall–Kier alpha value is -1.01. The van der Waals surface area contributed by atoms with Gasteiger partial charge in [-0.25, -0.2) is 4.98 Å². The molecule has 1 aromatic heterocycles. The van der Waals surface area contributed by atoms with Crippen LogP contribution in [0.5, 0.6) is 5.75 Å². The summed E-state index contributed by atoms with van der Waals surface area (Å²) in [5, 5.41) is 0.560. The number of para-hydroxylation sites is 1. The van der Waals surface area contributed by atoms with Crippen LogP contribution in [0.2, 0.25) is 5.02 Å². The average Bonchev–Trinajstić information content (AvgIpc) is 2.32. The van der Waals surface area contributed by atoms with Gasteiger partial charge in [-0.05, 0) is 46.9 Å². The van der Waals surface area contributed by atoms with Gasteiger partial charge in [0.05, 0.1) is 14.3 Å². The summed E-state index contributed by atoms with van der Waals surface area (Å²) >= 11 is 8.22. The number of nitrogens with zero attached hydrogens (tertiary/aromatic N) is 1. The molecule has 0 saturated carbocycles. The minimum atomic E-state index is 0.309. The predicted octanol–water partition coefficient (Wildman–Crippen LogP) is 3.50. The van der Waals surface area contributed by atoms with E-state index in [4.69, 9.17) is 22.1 Å². The molecule has 0 fully saturated rings. The number of halogens is 2. The fourth-order valence-corrected chi connectivity index (χ4v) is 2.01. The highest BCUT2D eigenvalue weighted by Gasteiger charge is 2.05. The minimum absolute atomic E-state index is 0.309. The van der Waals surface area contributed by atoms with Crippen molar-refractivity contribution in [2.75, 3.05) is 5.73 Å². The lowest BCUT2D eigenvalue weighted by Crippen LogP contribution is -2.02. The molecule has 0 unspecified atom stereocenters. The van der Waals surface area contributed by atoms with Crippen molar-refractivity contribution in [1.29, 1.82) is 0 Å². The van der Waals surface area contributed by atoms with Gasteiger partial charge in [-0.2, -0.15) is 0 Å². The summed E-state index contributed by atoms with van der Waals surface area (Å²) in [6.45, 7) is 0.309. The van der Waals surface area contributed by atoms with E-state index in [1.165, 1.54) is 0 Å². The number of anilines is 1. The molecule has 2 aromatic rings. The quantitative estimate of drug-likeness (QED) is 0.852. The molecule has 0 aliphatic rings. The maximum atomic E-state index is 6.00. The molecule has 88 valence electrons. The Kier molecular flexibility index (Phi) is 4.06. The summed E-state index contributed by atoms with van der Waals surface area (Å²) in [4.78, 5) is 4.14. The van der Waals surface area contributed by atoms with E-state index >= 15 is 0 Å². The molecule has 0 aliphatic heterocycles. The van der Waals surface area contributed by atoms with Crippen LogP contribution in [0.4, 0.5) is 5.82 Å². The van der Waals surface area contributed by atoms with Crippen LogP contribution in [0.1, 0.15) is 5.69 Å². The van der Waals surface area contributed by atoms with Gasteiger partial charge in [-0.15, -0.1) is 0 Å². The first-order valence-corrected chi connectivity index (χ1v) is 6.40. The standard InChI is InChI=1S/C12H10ClIN2O/c13-8-5-6-12(15)16-10(8)7-17-11-4-2-1-3-9(11)14/h1-6H,7H2,(H2,15,16). The van der Waals surface area contributed by atoms with E-state index < -0.39 is 0 Å². The van der Waals surface area contributed by atoms with Crippen LogP contribution in [0.15, 0.2) is 36.4 Å². The van der Waals surface area contributed by atoms with Crippen molar-refractivity contribution in [2.45, 2.75) is 6.61 Å². The molecule has 0 amide bonds. The van der Waals surface area contributed by atoms with E-state index in [1.54, 1.807) is 12.1 Å². The number of nitrogen functional groups attached to an aromatic ring is 1. The number of hydrogen-bond acceptors (Lipinski definition) is 3. The molecule has 0 saturated heterocycles. The zero-order chi connectivity index (χ0) is 12.3. The fraction of sp³-hybridized carbons (Fsp3) is 0.0833. The first kappa shape index (κ1) is 12.4. The lowest BCUT2D eigenvalue weighted by atomic mass is 10.3. The Bertz CT molecular complexity index is 534. The summed E-state index contributed by atoms with van der Waals surface area (Å²) in [6, 6.07) is 11.1. The highest BCUT2D eigenvalue weighted by atomic mass is 127. The van der Waals surface area contributed by atoms with Crippen molar-refractivity contribution in [3.63, 3.8) is 0 Å². The largest absolute Gasteiger partial charge is 0.486 e. The predicted molar refractivity (Wildman–Crippen MR) is 77.2 cm³/mol. The van der Waals surface area contributed by atoms with Crippen molar-refractivity contribution in [1.82, 2.24) is 4.98 Å². The average molecular weight is 361 g/mol. The second-order valence-electron chi connectivity index (χ2n) is 3.38. The van der Waals surface area contributed by atoms with E-state index in [-0.39, 0.29) is 0 Å². The lowest BCUT2D eigenvalue weighted by molar-refractivity contribution is 0.299. The third-order valence-corrected chi connectivity index (χ3v) is 3.38. The smallest absolute Gasteiger partial charge is 0.133 e. The van der Waals surface area contributed by atoms with Gasteiger partial charge in [0.15, 0.2) is 0 Å². The number of hydrogen-bond donors (Lipinski definition) is 1. The van der Waals surface area contributed by atoms with Gasteiger partial charge in [0.2, 0.25) is 0 Å². The highest BCUT2D eigenvalue weighted by molar-refractivity contribution is 14.1. The van der Waals surface area contributed by atoms with Gasteiger partial charge >= 0.3 is 0 Å². The molecular formula is C12H10ClIN2O. The number of aromatic nitrogens is 1. The van der Waals surface area contributed by atoms with Crippen molar-refractivity contribution < 1.29 is 4.74 Å². The molecule has 3 nitrogen and oxygen atoms in total. The van der Waals surface area contributed by atoms with Crippen LogP contribution >= 0.6 is 34.2 Å². The van der Waals surface area contributed by atoms with E-state index in [9.17, 15) is 0 Å². The number of ether oxygens (including phenoxy) is 1. The van der Waals surface area contributed by atoms with E-state index in [0.29, 0.717) is 23.1 Å². The molecule has 0 atom stereocenters. The molecule has 5 heteroatoms. The monoisotopic (exact) mass is 360 g/mol. The minimum Gasteiger partial charge on any atom is -0.486 e. The van der Waals surface area contributed by atoms with E-state index in [2.05, 4.69) is 27.6 Å². The van der Waals surface area contributed by atoms with E-state index in [0.717, 1.165) is 9.32 Å². The van der Waals surface area contributed by atoms with Crippen molar-refractivity contribution in [2.24, 2.45) is 0 Å². The Labute approximate surface area is 118 Å². The first-order valence-electron chi connectivity index (χ1n) is 4.95. The summed E-state index contributed by atoms with van der Waals surface area (Å²) in [7, 11) is 0. The van der Waals surface area contributed by atoms with Crippen LogP contribution < -0.4 is 10.5 Å². The Morgan fingerprint density at radius 2 is 2.00 bits per heavy atom. The summed E-state index contributed by atoms with van der Waals surface area (Å²) < 4.78 is 6.70. The number of rotatable bonds is 3. The van der Waals surface area contributed by atoms with Crippen molar-refractivity contribution in [3.8, 4) is 5.75 Å². The first-order chi connectivity index (χ1) is 8.16. The highest BCUT2D eigenvalue weighted by Crippen LogP contribution is 2.22.